The van der Waals surface area contributed by atoms with E-state index in [1.807, 2.05) is 0 Å². The summed E-state index contributed by atoms with van der Waals surface area (Å²) in [5.74, 6) is 0.379. The molecule has 2 unspecified atom stereocenters. The fourth-order valence-corrected chi connectivity index (χ4v) is 2.57. The van der Waals surface area contributed by atoms with E-state index in [2.05, 4.69) is 12.2 Å². The van der Waals surface area contributed by atoms with Crippen LogP contribution in [0.15, 0.2) is 18.2 Å². The fourth-order valence-electron chi connectivity index (χ4n) is 2.57. The first-order valence-corrected chi connectivity index (χ1v) is 6.48. The fraction of sp³-hybridized carbons (Fsp3) is 0.571. The van der Waals surface area contributed by atoms with Crippen LogP contribution in [0.25, 0.3) is 0 Å². The van der Waals surface area contributed by atoms with Crippen molar-refractivity contribution >= 4 is 11.4 Å². The summed E-state index contributed by atoms with van der Waals surface area (Å²) >= 11 is 0. The minimum absolute atomic E-state index is 0.276. The van der Waals surface area contributed by atoms with Gasteiger partial charge in [-0.3, -0.25) is 0 Å². The van der Waals surface area contributed by atoms with Gasteiger partial charge in [0.1, 0.15) is 5.82 Å². The molecule has 0 radical (unpaired) electrons. The van der Waals surface area contributed by atoms with Crippen LogP contribution in [0.2, 0.25) is 0 Å². The lowest BCUT2D eigenvalue weighted by Gasteiger charge is -2.24. The molecule has 2 nitrogen and oxygen atoms in total. The Morgan fingerprint density at radius 1 is 1.24 bits per heavy atom. The Kier molecular flexibility index (Phi) is 3.87. The quantitative estimate of drug-likeness (QED) is 0.605. The Labute approximate surface area is 102 Å². The number of rotatable bonds is 2. The van der Waals surface area contributed by atoms with Crippen molar-refractivity contribution in [3.63, 3.8) is 0 Å². The number of hydrogen-bond acceptors (Lipinski definition) is 2. The van der Waals surface area contributed by atoms with Gasteiger partial charge >= 0.3 is 0 Å². The van der Waals surface area contributed by atoms with E-state index in [0.29, 0.717) is 17.6 Å². The smallest absolute Gasteiger partial charge is 0.125 e. The molecule has 1 aromatic rings. The van der Waals surface area contributed by atoms with E-state index < -0.39 is 0 Å². The van der Waals surface area contributed by atoms with E-state index in [1.54, 1.807) is 6.07 Å². The standard InChI is InChI=1S/C14H21FN2/c1-10-5-3-2-4-6-13(10)17-14-8-7-11(15)9-12(14)16/h7-10,13,17H,2-6,16H2,1H3. The molecule has 1 saturated carbocycles. The Balaban J connectivity index is 2.08. The van der Waals surface area contributed by atoms with Crippen molar-refractivity contribution in [1.82, 2.24) is 0 Å². The lowest BCUT2D eigenvalue weighted by molar-refractivity contribution is 0.457. The average Bonchev–Trinajstić information content (AvgIpc) is 2.48. The number of halogens is 1. The highest BCUT2D eigenvalue weighted by Gasteiger charge is 2.20. The second kappa shape index (κ2) is 5.39. The Hall–Kier alpha value is -1.25. The molecule has 2 atom stereocenters. The van der Waals surface area contributed by atoms with E-state index in [-0.39, 0.29) is 5.82 Å². The Bertz CT molecular complexity index is 378. The van der Waals surface area contributed by atoms with Crippen molar-refractivity contribution in [2.75, 3.05) is 11.1 Å². The normalized spacial score (nSPS) is 25.3. The molecule has 17 heavy (non-hydrogen) atoms. The lowest BCUT2D eigenvalue weighted by Crippen LogP contribution is -2.26. The molecule has 1 fully saturated rings. The maximum atomic E-state index is 13.0. The zero-order valence-corrected chi connectivity index (χ0v) is 10.4. The van der Waals surface area contributed by atoms with E-state index >= 15 is 0 Å². The molecular weight excluding hydrogens is 215 g/mol. The zero-order valence-electron chi connectivity index (χ0n) is 10.4. The van der Waals surface area contributed by atoms with E-state index in [9.17, 15) is 4.39 Å². The van der Waals surface area contributed by atoms with Crippen LogP contribution in [0, 0.1) is 11.7 Å². The molecule has 3 heteroatoms. The zero-order chi connectivity index (χ0) is 12.3. The van der Waals surface area contributed by atoms with Crippen LogP contribution in [0.1, 0.15) is 39.0 Å². The van der Waals surface area contributed by atoms with Crippen molar-refractivity contribution < 1.29 is 4.39 Å². The Morgan fingerprint density at radius 3 is 2.76 bits per heavy atom. The monoisotopic (exact) mass is 236 g/mol. The highest BCUT2D eigenvalue weighted by atomic mass is 19.1. The van der Waals surface area contributed by atoms with Gasteiger partial charge in [-0.2, -0.15) is 0 Å². The molecule has 0 amide bonds. The van der Waals surface area contributed by atoms with E-state index in [1.165, 1.54) is 44.2 Å². The summed E-state index contributed by atoms with van der Waals surface area (Å²) in [6.07, 6.45) is 6.35. The summed E-state index contributed by atoms with van der Waals surface area (Å²) in [4.78, 5) is 0. The van der Waals surface area contributed by atoms with Crippen LogP contribution in [0.5, 0.6) is 0 Å². The van der Waals surface area contributed by atoms with Crippen molar-refractivity contribution in [3.05, 3.63) is 24.0 Å². The molecule has 0 aromatic heterocycles. The molecule has 1 aromatic carbocycles. The largest absolute Gasteiger partial charge is 0.397 e. The number of nitrogen functional groups attached to an aromatic ring is 1. The minimum atomic E-state index is -0.276. The first-order valence-electron chi connectivity index (χ1n) is 6.48. The van der Waals surface area contributed by atoms with E-state index in [4.69, 9.17) is 5.73 Å². The summed E-state index contributed by atoms with van der Waals surface area (Å²) in [5.41, 5.74) is 7.19. The third-order valence-electron chi connectivity index (χ3n) is 3.72. The van der Waals surface area contributed by atoms with Crippen LogP contribution >= 0.6 is 0 Å². The lowest BCUT2D eigenvalue weighted by atomic mass is 9.96. The predicted molar refractivity (Wildman–Crippen MR) is 70.5 cm³/mol. The highest BCUT2D eigenvalue weighted by Crippen LogP contribution is 2.28. The van der Waals surface area contributed by atoms with Crippen LogP contribution in [0.3, 0.4) is 0 Å². The third-order valence-corrected chi connectivity index (χ3v) is 3.72. The first-order chi connectivity index (χ1) is 8.16. The molecule has 2 rings (SSSR count). The van der Waals surface area contributed by atoms with E-state index in [0.717, 1.165) is 5.69 Å². The summed E-state index contributed by atoms with van der Waals surface area (Å²) in [6, 6.07) is 5.04. The molecule has 94 valence electrons. The summed E-state index contributed by atoms with van der Waals surface area (Å²) in [5, 5.41) is 3.47. The van der Waals surface area contributed by atoms with Gasteiger partial charge in [-0.1, -0.05) is 26.2 Å². The number of hydrogen-bond donors (Lipinski definition) is 2. The first kappa shape index (κ1) is 12.2. The van der Waals surface area contributed by atoms with Gasteiger partial charge in [-0.15, -0.1) is 0 Å². The van der Waals surface area contributed by atoms with Gasteiger partial charge in [-0.05, 0) is 37.0 Å². The van der Waals surface area contributed by atoms with Gasteiger partial charge < -0.3 is 11.1 Å². The summed E-state index contributed by atoms with van der Waals surface area (Å²) in [6.45, 7) is 2.28. The summed E-state index contributed by atoms with van der Waals surface area (Å²) in [7, 11) is 0. The molecule has 0 heterocycles. The van der Waals surface area contributed by atoms with Crippen molar-refractivity contribution in [2.45, 2.75) is 45.1 Å². The molecule has 1 aliphatic carbocycles. The molecule has 0 spiro atoms. The van der Waals surface area contributed by atoms with Crippen molar-refractivity contribution in [1.29, 1.82) is 0 Å². The molecule has 0 aliphatic heterocycles. The van der Waals surface area contributed by atoms with Gasteiger partial charge in [0.15, 0.2) is 0 Å². The minimum Gasteiger partial charge on any atom is -0.397 e. The second-order valence-electron chi connectivity index (χ2n) is 5.10. The van der Waals surface area contributed by atoms with Gasteiger partial charge in [0.25, 0.3) is 0 Å². The summed E-state index contributed by atoms with van der Waals surface area (Å²) < 4.78 is 13.0. The Morgan fingerprint density at radius 2 is 2.00 bits per heavy atom. The molecule has 0 saturated heterocycles. The molecule has 1 aliphatic rings. The van der Waals surface area contributed by atoms with Crippen LogP contribution < -0.4 is 11.1 Å². The molecule has 3 N–H and O–H groups in total. The van der Waals surface area contributed by atoms with Gasteiger partial charge in [0.05, 0.1) is 11.4 Å². The third kappa shape index (κ3) is 3.11. The van der Waals surface area contributed by atoms with Gasteiger partial charge in [0, 0.05) is 6.04 Å². The second-order valence-corrected chi connectivity index (χ2v) is 5.10. The van der Waals surface area contributed by atoms with Crippen molar-refractivity contribution in [3.8, 4) is 0 Å². The maximum absolute atomic E-state index is 13.0. The van der Waals surface area contributed by atoms with Crippen LogP contribution in [0.4, 0.5) is 15.8 Å². The number of nitrogens with one attached hydrogen (secondary N) is 1. The molecular formula is C14H21FN2. The maximum Gasteiger partial charge on any atom is 0.125 e. The van der Waals surface area contributed by atoms with Gasteiger partial charge in [-0.25, -0.2) is 4.39 Å². The topological polar surface area (TPSA) is 38.0 Å². The van der Waals surface area contributed by atoms with Crippen molar-refractivity contribution in [2.24, 2.45) is 5.92 Å². The molecule has 0 bridgehead atoms. The average molecular weight is 236 g/mol. The van der Waals surface area contributed by atoms with Crippen LogP contribution in [-0.4, -0.2) is 6.04 Å². The number of anilines is 2. The SMILES string of the molecule is CC1CCCCCC1Nc1ccc(F)cc1N. The number of nitrogens with two attached hydrogens (primary N) is 1. The highest BCUT2D eigenvalue weighted by molar-refractivity contribution is 5.66. The van der Waals surface area contributed by atoms with Gasteiger partial charge in [0.2, 0.25) is 0 Å². The predicted octanol–water partition coefficient (Wildman–Crippen LogP) is 3.79. The number of benzene rings is 1. The van der Waals surface area contributed by atoms with Crippen LogP contribution in [-0.2, 0) is 0 Å².